The number of rotatable bonds is 6. The van der Waals surface area contributed by atoms with Crippen LogP contribution >= 0.6 is 22.9 Å². The van der Waals surface area contributed by atoms with Gasteiger partial charge in [-0.25, -0.2) is 0 Å². The molecule has 0 spiro atoms. The van der Waals surface area contributed by atoms with E-state index in [2.05, 4.69) is 24.1 Å². The highest BCUT2D eigenvalue weighted by Crippen LogP contribution is 2.37. The zero-order valence-corrected chi connectivity index (χ0v) is 16.8. The number of carbonyl (C=O) groups is 2. The van der Waals surface area contributed by atoms with E-state index in [1.54, 1.807) is 24.3 Å². The third-order valence-electron chi connectivity index (χ3n) is 4.50. The van der Waals surface area contributed by atoms with Gasteiger partial charge in [-0.3, -0.25) is 14.5 Å². The van der Waals surface area contributed by atoms with Crippen LogP contribution in [0.25, 0.3) is 0 Å². The zero-order chi connectivity index (χ0) is 19.6. The first-order valence-electron chi connectivity index (χ1n) is 8.71. The van der Waals surface area contributed by atoms with Crippen molar-refractivity contribution in [1.29, 1.82) is 0 Å². The summed E-state index contributed by atoms with van der Waals surface area (Å²) in [6.07, 6.45) is 0.749. The fourth-order valence-electron chi connectivity index (χ4n) is 3.06. The number of nitrogens with two attached hydrogens (primary N) is 1. The maximum atomic E-state index is 12.3. The van der Waals surface area contributed by atoms with Gasteiger partial charge in [-0.05, 0) is 50.1 Å². The number of carbonyl (C=O) groups excluding carboxylic acids is 2. The van der Waals surface area contributed by atoms with Crippen LogP contribution in [0.15, 0.2) is 24.3 Å². The van der Waals surface area contributed by atoms with E-state index in [1.807, 2.05) is 0 Å². The second kappa shape index (κ2) is 8.29. The van der Waals surface area contributed by atoms with Gasteiger partial charge in [-0.1, -0.05) is 11.6 Å². The smallest absolute Gasteiger partial charge is 0.262 e. The summed E-state index contributed by atoms with van der Waals surface area (Å²) >= 11 is 7.24. The van der Waals surface area contributed by atoms with Crippen LogP contribution in [0.1, 0.15) is 34.6 Å². The van der Waals surface area contributed by atoms with Gasteiger partial charge in [0.05, 0.1) is 5.56 Å². The second-order valence-electron chi connectivity index (χ2n) is 6.68. The molecule has 2 aromatic rings. The Kier molecular flexibility index (Phi) is 6.04. The van der Waals surface area contributed by atoms with E-state index in [-0.39, 0.29) is 12.5 Å². The standard InChI is InChI=1S/C19H22ClN3O3S/c1-11(2)23-8-7-14-15(9-23)27-19(17(14)18(21)25)22-16(24)10-26-13-5-3-12(20)4-6-13/h3-6,11H,7-10H2,1-2H3,(H2,21,25)(H,22,24). The quantitative estimate of drug-likeness (QED) is 0.769. The number of hydrogen-bond donors (Lipinski definition) is 2. The largest absolute Gasteiger partial charge is 0.484 e. The summed E-state index contributed by atoms with van der Waals surface area (Å²) in [5.41, 5.74) is 6.98. The molecule has 0 radical (unpaired) electrons. The number of thiophene rings is 1. The van der Waals surface area contributed by atoms with E-state index >= 15 is 0 Å². The molecular weight excluding hydrogens is 386 g/mol. The molecule has 1 aromatic carbocycles. The molecule has 144 valence electrons. The van der Waals surface area contributed by atoms with Crippen molar-refractivity contribution in [3.63, 3.8) is 0 Å². The van der Waals surface area contributed by atoms with Crippen LogP contribution in [0.3, 0.4) is 0 Å². The van der Waals surface area contributed by atoms with E-state index in [9.17, 15) is 9.59 Å². The lowest BCUT2D eigenvalue weighted by Crippen LogP contribution is -2.35. The molecule has 0 atom stereocenters. The average Bonchev–Trinajstić information content (AvgIpc) is 2.98. The number of nitrogens with one attached hydrogen (secondary N) is 1. The van der Waals surface area contributed by atoms with E-state index in [0.717, 1.165) is 30.0 Å². The van der Waals surface area contributed by atoms with Crippen LogP contribution in [0, 0.1) is 0 Å². The first-order chi connectivity index (χ1) is 12.8. The minimum atomic E-state index is -0.514. The fraction of sp³-hybridized carbons (Fsp3) is 0.368. The second-order valence-corrected chi connectivity index (χ2v) is 8.22. The maximum Gasteiger partial charge on any atom is 0.262 e. The fourth-order valence-corrected chi connectivity index (χ4v) is 4.48. The van der Waals surface area contributed by atoms with Crippen molar-refractivity contribution in [3.05, 3.63) is 45.3 Å². The van der Waals surface area contributed by atoms with Gasteiger partial charge in [0.15, 0.2) is 6.61 Å². The monoisotopic (exact) mass is 407 g/mol. The predicted octanol–water partition coefficient (Wildman–Crippen LogP) is 3.28. The van der Waals surface area contributed by atoms with Gasteiger partial charge in [0, 0.05) is 29.0 Å². The Bertz CT molecular complexity index is 849. The summed E-state index contributed by atoms with van der Waals surface area (Å²) in [6.45, 7) is 5.75. The molecule has 8 heteroatoms. The van der Waals surface area contributed by atoms with E-state index < -0.39 is 5.91 Å². The van der Waals surface area contributed by atoms with Gasteiger partial charge in [0.25, 0.3) is 11.8 Å². The molecule has 0 aliphatic carbocycles. The Balaban J connectivity index is 1.71. The normalized spacial score (nSPS) is 14.1. The minimum Gasteiger partial charge on any atom is -0.484 e. The third kappa shape index (κ3) is 4.61. The molecule has 0 unspecified atom stereocenters. The van der Waals surface area contributed by atoms with E-state index in [1.165, 1.54) is 11.3 Å². The van der Waals surface area contributed by atoms with Gasteiger partial charge in [-0.15, -0.1) is 11.3 Å². The van der Waals surface area contributed by atoms with E-state index in [4.69, 9.17) is 22.1 Å². The molecule has 2 amide bonds. The topological polar surface area (TPSA) is 84.7 Å². The summed E-state index contributed by atoms with van der Waals surface area (Å²) in [6, 6.07) is 7.17. The Hall–Kier alpha value is -2.09. The van der Waals surface area contributed by atoms with Crippen LogP contribution in [0.5, 0.6) is 5.75 Å². The number of nitrogens with zero attached hydrogens (tertiary/aromatic N) is 1. The first-order valence-corrected chi connectivity index (χ1v) is 9.91. The molecular formula is C19H22ClN3O3S. The number of anilines is 1. The molecule has 3 rings (SSSR count). The Morgan fingerprint density at radius 2 is 2.04 bits per heavy atom. The van der Waals surface area contributed by atoms with E-state index in [0.29, 0.717) is 27.4 Å². The highest BCUT2D eigenvalue weighted by atomic mass is 35.5. The van der Waals surface area contributed by atoms with Crippen LogP contribution in [0.2, 0.25) is 5.02 Å². The minimum absolute atomic E-state index is 0.166. The van der Waals surface area contributed by atoms with Gasteiger partial charge in [-0.2, -0.15) is 0 Å². The van der Waals surface area contributed by atoms with Crippen molar-refractivity contribution in [3.8, 4) is 5.75 Å². The molecule has 3 N–H and O–H groups in total. The van der Waals surface area contributed by atoms with Crippen LogP contribution in [-0.4, -0.2) is 35.9 Å². The average molecular weight is 408 g/mol. The van der Waals surface area contributed by atoms with Gasteiger partial charge >= 0.3 is 0 Å². The number of ether oxygens (including phenoxy) is 1. The number of halogens is 1. The lowest BCUT2D eigenvalue weighted by molar-refractivity contribution is -0.118. The maximum absolute atomic E-state index is 12.3. The summed E-state index contributed by atoms with van der Waals surface area (Å²) in [5, 5.41) is 3.88. The SMILES string of the molecule is CC(C)N1CCc2c(sc(NC(=O)COc3ccc(Cl)cc3)c2C(N)=O)C1. The number of fused-ring (bicyclic) bond motifs is 1. The van der Waals surface area contributed by atoms with Gasteiger partial charge < -0.3 is 15.8 Å². The highest BCUT2D eigenvalue weighted by Gasteiger charge is 2.28. The van der Waals surface area contributed by atoms with Crippen molar-refractivity contribution in [1.82, 2.24) is 4.90 Å². The molecule has 0 saturated heterocycles. The van der Waals surface area contributed by atoms with Crippen molar-refractivity contribution in [2.45, 2.75) is 32.9 Å². The molecule has 27 heavy (non-hydrogen) atoms. The van der Waals surface area contributed by atoms with Crippen molar-refractivity contribution < 1.29 is 14.3 Å². The van der Waals surface area contributed by atoms with Gasteiger partial charge in [0.2, 0.25) is 0 Å². The van der Waals surface area contributed by atoms with Crippen molar-refractivity contribution in [2.75, 3.05) is 18.5 Å². The molecule has 0 fully saturated rings. The number of benzene rings is 1. The lowest BCUT2D eigenvalue weighted by atomic mass is 10.0. The summed E-state index contributed by atoms with van der Waals surface area (Å²) in [7, 11) is 0. The molecule has 1 aliphatic heterocycles. The van der Waals surface area contributed by atoms with Crippen LogP contribution < -0.4 is 15.8 Å². The zero-order valence-electron chi connectivity index (χ0n) is 15.3. The van der Waals surface area contributed by atoms with Crippen molar-refractivity contribution >= 4 is 39.8 Å². The Labute approximate surface area is 167 Å². The summed E-state index contributed by atoms with van der Waals surface area (Å²) in [4.78, 5) is 27.7. The Morgan fingerprint density at radius 3 is 2.67 bits per heavy atom. The highest BCUT2D eigenvalue weighted by molar-refractivity contribution is 7.17. The molecule has 0 saturated carbocycles. The summed E-state index contributed by atoms with van der Waals surface area (Å²) < 4.78 is 5.46. The lowest BCUT2D eigenvalue weighted by Gasteiger charge is -2.30. The Morgan fingerprint density at radius 1 is 1.33 bits per heavy atom. The number of hydrogen-bond acceptors (Lipinski definition) is 5. The first kappa shape index (κ1) is 19.7. The molecule has 2 heterocycles. The molecule has 0 bridgehead atoms. The predicted molar refractivity (Wildman–Crippen MR) is 108 cm³/mol. The van der Waals surface area contributed by atoms with Crippen LogP contribution in [0.4, 0.5) is 5.00 Å². The summed E-state index contributed by atoms with van der Waals surface area (Å²) in [5.74, 6) is -0.311. The van der Waals surface area contributed by atoms with Crippen molar-refractivity contribution in [2.24, 2.45) is 5.73 Å². The number of primary amides is 1. The molecule has 1 aliphatic rings. The third-order valence-corrected chi connectivity index (χ3v) is 5.88. The van der Waals surface area contributed by atoms with Crippen LogP contribution in [-0.2, 0) is 17.8 Å². The molecule has 6 nitrogen and oxygen atoms in total. The van der Waals surface area contributed by atoms with Gasteiger partial charge in [0.1, 0.15) is 10.8 Å². The number of amides is 2. The molecule has 1 aromatic heterocycles.